The zero-order chi connectivity index (χ0) is 22.2. The van der Waals surface area contributed by atoms with Crippen molar-refractivity contribution >= 4 is 29.3 Å². The number of esters is 1. The molecule has 8 nitrogen and oxygen atoms in total. The van der Waals surface area contributed by atoms with E-state index in [1.165, 1.54) is 18.9 Å². The molecule has 9 heteroatoms. The number of rotatable bonds is 9. The largest absolute Gasteiger partial charge is 0.497 e. The molecular formula is C22H24N4O4S. The maximum Gasteiger partial charge on any atom is 0.337 e. The second-order valence-electron chi connectivity index (χ2n) is 6.58. The van der Waals surface area contributed by atoms with Gasteiger partial charge in [-0.25, -0.2) is 4.79 Å². The molecule has 0 fully saturated rings. The number of carbonyl (C=O) groups is 2. The van der Waals surface area contributed by atoms with Crippen molar-refractivity contribution in [2.75, 3.05) is 25.3 Å². The Balaban J connectivity index is 1.61. The van der Waals surface area contributed by atoms with Gasteiger partial charge < -0.3 is 19.4 Å². The summed E-state index contributed by atoms with van der Waals surface area (Å²) in [6.45, 7) is 2.72. The first kappa shape index (κ1) is 22.4. The molecule has 1 amide bonds. The molecule has 0 radical (unpaired) electrons. The number of nitrogens with zero attached hydrogens (tertiary/aromatic N) is 3. The molecule has 0 unspecified atom stereocenters. The fourth-order valence-corrected chi connectivity index (χ4v) is 3.79. The molecule has 0 saturated heterocycles. The predicted octanol–water partition coefficient (Wildman–Crippen LogP) is 3.41. The Labute approximate surface area is 185 Å². The molecule has 0 aliphatic rings. The number of nitrogens with one attached hydrogen (secondary N) is 1. The van der Waals surface area contributed by atoms with Gasteiger partial charge in [-0.05, 0) is 42.8 Å². The molecule has 2 aromatic carbocycles. The number of benzene rings is 2. The summed E-state index contributed by atoms with van der Waals surface area (Å²) in [5.41, 5.74) is 2.01. The summed E-state index contributed by atoms with van der Waals surface area (Å²) in [7, 11) is 2.95. The molecule has 3 aromatic rings. The minimum Gasteiger partial charge on any atom is -0.497 e. The molecule has 1 N–H and O–H groups in total. The molecule has 3 rings (SSSR count). The summed E-state index contributed by atoms with van der Waals surface area (Å²) >= 11 is 1.32. The van der Waals surface area contributed by atoms with Gasteiger partial charge >= 0.3 is 5.97 Å². The molecule has 31 heavy (non-hydrogen) atoms. The van der Waals surface area contributed by atoms with Gasteiger partial charge in [-0.1, -0.05) is 30.0 Å². The lowest BCUT2D eigenvalue weighted by atomic mass is 10.1. The lowest BCUT2D eigenvalue weighted by Gasteiger charge is -2.09. The minimum atomic E-state index is -0.453. The van der Waals surface area contributed by atoms with E-state index < -0.39 is 5.97 Å². The average molecular weight is 441 g/mol. The maximum atomic E-state index is 12.4. The Bertz CT molecular complexity index is 1050. The van der Waals surface area contributed by atoms with E-state index in [2.05, 4.69) is 15.5 Å². The first-order valence-electron chi connectivity index (χ1n) is 9.70. The Morgan fingerprint density at radius 1 is 1.10 bits per heavy atom. The highest BCUT2D eigenvalue weighted by molar-refractivity contribution is 7.99. The number of ether oxygens (including phenoxy) is 2. The smallest absolute Gasteiger partial charge is 0.337 e. The zero-order valence-corrected chi connectivity index (χ0v) is 18.4. The van der Waals surface area contributed by atoms with Crippen molar-refractivity contribution in [1.82, 2.24) is 14.8 Å². The van der Waals surface area contributed by atoms with E-state index in [0.29, 0.717) is 29.4 Å². The standard InChI is InChI=1S/C22H24N4O4S/c1-4-26-19(12-15-8-10-18(29-2)11-9-15)24-25-22(26)31-14-20(27)23-17-7-5-6-16(13-17)21(28)30-3/h5-11,13H,4,12,14H2,1-3H3,(H,23,27). The van der Waals surface area contributed by atoms with Crippen LogP contribution in [0.15, 0.2) is 53.7 Å². The van der Waals surface area contributed by atoms with Gasteiger partial charge in [-0.3, -0.25) is 4.79 Å². The van der Waals surface area contributed by atoms with Crippen molar-refractivity contribution in [1.29, 1.82) is 0 Å². The summed E-state index contributed by atoms with van der Waals surface area (Å²) < 4.78 is 11.9. The van der Waals surface area contributed by atoms with E-state index >= 15 is 0 Å². The first-order valence-corrected chi connectivity index (χ1v) is 10.7. The number of aromatic nitrogens is 3. The second kappa shape index (κ2) is 10.6. The molecule has 0 spiro atoms. The van der Waals surface area contributed by atoms with Gasteiger partial charge in [0.05, 0.1) is 25.5 Å². The van der Waals surface area contributed by atoms with Gasteiger partial charge in [0.25, 0.3) is 0 Å². The summed E-state index contributed by atoms with van der Waals surface area (Å²) in [5, 5.41) is 12.0. The van der Waals surface area contributed by atoms with Crippen LogP contribution in [0.1, 0.15) is 28.7 Å². The van der Waals surface area contributed by atoms with Crippen molar-refractivity contribution < 1.29 is 19.1 Å². The molecule has 1 aromatic heterocycles. The highest BCUT2D eigenvalue weighted by Gasteiger charge is 2.14. The Morgan fingerprint density at radius 3 is 2.55 bits per heavy atom. The van der Waals surface area contributed by atoms with Crippen LogP contribution >= 0.6 is 11.8 Å². The first-order chi connectivity index (χ1) is 15.0. The SMILES string of the molecule is CCn1c(Cc2ccc(OC)cc2)nnc1SCC(=O)Nc1cccc(C(=O)OC)c1. The molecule has 0 bridgehead atoms. The molecule has 0 aliphatic heterocycles. The predicted molar refractivity (Wildman–Crippen MR) is 119 cm³/mol. The fraction of sp³-hybridized carbons (Fsp3) is 0.273. The van der Waals surface area contributed by atoms with E-state index in [9.17, 15) is 9.59 Å². The maximum absolute atomic E-state index is 12.4. The molecule has 162 valence electrons. The summed E-state index contributed by atoms with van der Waals surface area (Å²) in [5.74, 6) is 1.16. The number of amides is 1. The number of thioether (sulfide) groups is 1. The molecule has 0 aliphatic carbocycles. The normalized spacial score (nSPS) is 10.5. The highest BCUT2D eigenvalue weighted by atomic mass is 32.2. The Hall–Kier alpha value is -3.33. The van der Waals surface area contributed by atoms with Crippen LogP contribution in [0.4, 0.5) is 5.69 Å². The van der Waals surface area contributed by atoms with Gasteiger partial charge in [0.15, 0.2) is 5.16 Å². The third kappa shape index (κ3) is 5.85. The van der Waals surface area contributed by atoms with Crippen LogP contribution in [0.2, 0.25) is 0 Å². The molecule has 0 saturated carbocycles. The summed E-state index contributed by atoms with van der Waals surface area (Å²) in [4.78, 5) is 24.0. The molecular weight excluding hydrogens is 416 g/mol. The van der Waals surface area contributed by atoms with Crippen LogP contribution in [0.25, 0.3) is 0 Å². The van der Waals surface area contributed by atoms with Gasteiger partial charge in [-0.2, -0.15) is 0 Å². The topological polar surface area (TPSA) is 95.3 Å². The van der Waals surface area contributed by atoms with Crippen molar-refractivity contribution in [3.8, 4) is 5.75 Å². The van der Waals surface area contributed by atoms with Gasteiger partial charge in [0.1, 0.15) is 11.6 Å². The van der Waals surface area contributed by atoms with Crippen LogP contribution in [-0.4, -0.2) is 46.6 Å². The summed E-state index contributed by atoms with van der Waals surface area (Å²) in [6, 6.07) is 14.4. The lowest BCUT2D eigenvalue weighted by Crippen LogP contribution is -2.15. The second-order valence-corrected chi connectivity index (χ2v) is 7.52. The quantitative estimate of drug-likeness (QED) is 0.402. The third-order valence-electron chi connectivity index (χ3n) is 4.53. The van der Waals surface area contributed by atoms with E-state index in [4.69, 9.17) is 9.47 Å². The monoisotopic (exact) mass is 440 g/mol. The number of hydrogen-bond donors (Lipinski definition) is 1. The van der Waals surface area contributed by atoms with Gasteiger partial charge in [0, 0.05) is 18.7 Å². The van der Waals surface area contributed by atoms with E-state index in [-0.39, 0.29) is 11.7 Å². The Kier molecular flexibility index (Phi) is 7.66. The number of carbonyl (C=O) groups excluding carboxylic acids is 2. The van der Waals surface area contributed by atoms with Crippen LogP contribution in [0, 0.1) is 0 Å². The number of methoxy groups -OCH3 is 2. The average Bonchev–Trinajstić information content (AvgIpc) is 3.19. The van der Waals surface area contributed by atoms with Gasteiger partial charge in [-0.15, -0.1) is 10.2 Å². The van der Waals surface area contributed by atoms with E-state index in [0.717, 1.165) is 17.1 Å². The highest BCUT2D eigenvalue weighted by Crippen LogP contribution is 2.20. The van der Waals surface area contributed by atoms with Gasteiger partial charge in [0.2, 0.25) is 5.91 Å². The Morgan fingerprint density at radius 2 is 1.87 bits per heavy atom. The number of hydrogen-bond acceptors (Lipinski definition) is 7. The van der Waals surface area contributed by atoms with Crippen molar-refractivity contribution in [2.24, 2.45) is 0 Å². The van der Waals surface area contributed by atoms with Crippen molar-refractivity contribution in [3.05, 3.63) is 65.5 Å². The fourth-order valence-electron chi connectivity index (χ4n) is 2.97. The lowest BCUT2D eigenvalue weighted by molar-refractivity contribution is -0.113. The number of anilines is 1. The molecule has 0 atom stereocenters. The van der Waals surface area contributed by atoms with Crippen LogP contribution < -0.4 is 10.1 Å². The van der Waals surface area contributed by atoms with Crippen LogP contribution in [-0.2, 0) is 22.5 Å². The van der Waals surface area contributed by atoms with Crippen LogP contribution in [0.3, 0.4) is 0 Å². The van der Waals surface area contributed by atoms with Crippen LogP contribution in [0.5, 0.6) is 5.75 Å². The minimum absolute atomic E-state index is 0.170. The van der Waals surface area contributed by atoms with E-state index in [1.807, 2.05) is 35.8 Å². The third-order valence-corrected chi connectivity index (χ3v) is 5.50. The zero-order valence-electron chi connectivity index (χ0n) is 17.6. The van der Waals surface area contributed by atoms with Crippen molar-refractivity contribution in [3.63, 3.8) is 0 Å². The molecule has 1 heterocycles. The van der Waals surface area contributed by atoms with E-state index in [1.54, 1.807) is 31.4 Å². The van der Waals surface area contributed by atoms with Crippen molar-refractivity contribution in [2.45, 2.75) is 25.0 Å². The summed E-state index contributed by atoms with van der Waals surface area (Å²) in [6.07, 6.45) is 0.637.